The highest BCUT2D eigenvalue weighted by molar-refractivity contribution is 7.89. The van der Waals surface area contributed by atoms with Crippen LogP contribution in [0.15, 0.2) is 58.8 Å². The normalized spacial score (nSPS) is 15.2. The van der Waals surface area contributed by atoms with Crippen molar-refractivity contribution in [2.45, 2.75) is 18.2 Å². The van der Waals surface area contributed by atoms with Crippen LogP contribution < -0.4 is 4.90 Å². The first-order valence-electron chi connectivity index (χ1n) is 9.82. The van der Waals surface area contributed by atoms with E-state index in [-0.39, 0.29) is 10.6 Å². The van der Waals surface area contributed by atoms with Crippen molar-refractivity contribution in [1.29, 1.82) is 0 Å². The van der Waals surface area contributed by atoms with Gasteiger partial charge in [-0.1, -0.05) is 29.8 Å². The standard InChI is InChI=1S/C21H22N4O4S2/c1-16-3-2-4-17(13-16)14-18-15-30-21(22-18)23-9-11-24(12-10-23)31(28,29)20-7-5-19(6-8-20)25(26)27/h2-8,13,15H,9-12,14H2,1H3. The summed E-state index contributed by atoms with van der Waals surface area (Å²) in [7, 11) is -3.68. The minimum Gasteiger partial charge on any atom is -0.345 e. The average molecular weight is 459 g/mol. The van der Waals surface area contributed by atoms with Crippen LogP contribution in [0.1, 0.15) is 16.8 Å². The molecule has 0 saturated carbocycles. The number of hydrogen-bond donors (Lipinski definition) is 0. The molecule has 0 radical (unpaired) electrons. The van der Waals surface area contributed by atoms with Gasteiger partial charge in [-0.05, 0) is 24.6 Å². The van der Waals surface area contributed by atoms with E-state index in [9.17, 15) is 18.5 Å². The van der Waals surface area contributed by atoms with Crippen molar-refractivity contribution < 1.29 is 13.3 Å². The highest BCUT2D eigenvalue weighted by Gasteiger charge is 2.29. The molecule has 1 aliphatic heterocycles. The van der Waals surface area contributed by atoms with Crippen LogP contribution >= 0.6 is 11.3 Å². The van der Waals surface area contributed by atoms with Crippen LogP contribution in [0.25, 0.3) is 0 Å². The van der Waals surface area contributed by atoms with E-state index in [1.54, 1.807) is 11.3 Å². The minimum absolute atomic E-state index is 0.0706. The number of aromatic nitrogens is 1. The molecule has 0 aliphatic carbocycles. The topological polar surface area (TPSA) is 96.7 Å². The number of nitro benzene ring substituents is 1. The number of non-ortho nitro benzene ring substituents is 1. The first-order chi connectivity index (χ1) is 14.8. The van der Waals surface area contributed by atoms with Gasteiger partial charge in [0.1, 0.15) is 0 Å². The number of piperazine rings is 1. The lowest BCUT2D eigenvalue weighted by molar-refractivity contribution is -0.384. The van der Waals surface area contributed by atoms with Crippen LogP contribution in [0.2, 0.25) is 0 Å². The molecule has 2 aromatic carbocycles. The molecule has 0 spiro atoms. The summed E-state index contributed by atoms with van der Waals surface area (Å²) in [5.74, 6) is 0. The maximum atomic E-state index is 12.9. The van der Waals surface area contributed by atoms with E-state index in [2.05, 4.69) is 35.4 Å². The number of rotatable bonds is 6. The van der Waals surface area contributed by atoms with Crippen molar-refractivity contribution in [3.05, 3.63) is 80.8 Å². The van der Waals surface area contributed by atoms with Gasteiger partial charge >= 0.3 is 0 Å². The Morgan fingerprint density at radius 3 is 2.45 bits per heavy atom. The van der Waals surface area contributed by atoms with E-state index in [1.165, 1.54) is 39.7 Å². The molecule has 0 atom stereocenters. The van der Waals surface area contributed by atoms with Gasteiger partial charge in [0.25, 0.3) is 5.69 Å². The number of nitrogens with zero attached hydrogens (tertiary/aromatic N) is 4. The molecule has 1 fully saturated rings. The summed E-state index contributed by atoms with van der Waals surface area (Å²) < 4.78 is 27.2. The number of thiazole rings is 1. The van der Waals surface area contributed by atoms with Crippen molar-refractivity contribution >= 4 is 32.2 Å². The number of sulfonamides is 1. The SMILES string of the molecule is Cc1cccc(Cc2csc(N3CCN(S(=O)(=O)c4ccc([N+](=O)[O-])cc4)CC3)n2)c1. The molecule has 31 heavy (non-hydrogen) atoms. The van der Waals surface area contributed by atoms with Crippen molar-refractivity contribution in [1.82, 2.24) is 9.29 Å². The molecule has 1 aliphatic rings. The molecule has 1 aromatic heterocycles. The quantitative estimate of drug-likeness (QED) is 0.415. The molecular formula is C21H22N4O4S2. The Labute approximate surface area is 185 Å². The zero-order valence-electron chi connectivity index (χ0n) is 17.0. The van der Waals surface area contributed by atoms with E-state index < -0.39 is 14.9 Å². The number of benzene rings is 2. The predicted octanol–water partition coefficient (Wildman–Crippen LogP) is 3.46. The van der Waals surface area contributed by atoms with Gasteiger partial charge in [0.15, 0.2) is 5.13 Å². The second kappa shape index (κ2) is 8.74. The summed E-state index contributed by atoms with van der Waals surface area (Å²) in [5.41, 5.74) is 3.31. The zero-order chi connectivity index (χ0) is 22.0. The Hall–Kier alpha value is -2.82. The summed E-state index contributed by atoms with van der Waals surface area (Å²) in [6, 6.07) is 13.4. The first-order valence-corrected chi connectivity index (χ1v) is 12.1. The van der Waals surface area contributed by atoms with Crippen LogP contribution in [-0.2, 0) is 16.4 Å². The summed E-state index contributed by atoms with van der Waals surface area (Å²) in [5, 5.41) is 13.7. The van der Waals surface area contributed by atoms with E-state index >= 15 is 0 Å². The number of hydrogen-bond acceptors (Lipinski definition) is 7. The maximum Gasteiger partial charge on any atom is 0.269 e. The second-order valence-corrected chi connectivity index (χ2v) is 10.2. The Bertz CT molecular complexity index is 1180. The average Bonchev–Trinajstić information content (AvgIpc) is 3.22. The molecule has 0 unspecified atom stereocenters. The molecule has 2 heterocycles. The fraction of sp³-hybridized carbons (Fsp3) is 0.286. The Morgan fingerprint density at radius 2 is 1.81 bits per heavy atom. The molecule has 3 aromatic rings. The summed E-state index contributed by atoms with van der Waals surface area (Å²) >= 11 is 1.57. The van der Waals surface area contributed by atoms with Gasteiger partial charge in [-0.25, -0.2) is 13.4 Å². The predicted molar refractivity (Wildman–Crippen MR) is 120 cm³/mol. The van der Waals surface area contributed by atoms with Crippen LogP contribution in [0, 0.1) is 17.0 Å². The minimum atomic E-state index is -3.68. The molecule has 162 valence electrons. The van der Waals surface area contributed by atoms with Crippen molar-refractivity contribution in [2.24, 2.45) is 0 Å². The first kappa shape index (κ1) is 21.4. The van der Waals surface area contributed by atoms with Crippen LogP contribution in [-0.4, -0.2) is 48.8 Å². The number of nitro groups is 1. The third kappa shape index (κ3) is 4.76. The monoisotopic (exact) mass is 458 g/mol. The Kier molecular flexibility index (Phi) is 6.03. The maximum absolute atomic E-state index is 12.9. The van der Waals surface area contributed by atoms with Gasteiger partial charge in [-0.15, -0.1) is 11.3 Å². The van der Waals surface area contributed by atoms with E-state index in [4.69, 9.17) is 4.98 Å². The van der Waals surface area contributed by atoms with E-state index in [1.807, 2.05) is 6.07 Å². The molecule has 0 bridgehead atoms. The molecule has 1 saturated heterocycles. The lowest BCUT2D eigenvalue weighted by Gasteiger charge is -2.33. The van der Waals surface area contributed by atoms with Crippen LogP contribution in [0.3, 0.4) is 0 Å². The third-order valence-electron chi connectivity index (χ3n) is 5.20. The largest absolute Gasteiger partial charge is 0.345 e. The van der Waals surface area contributed by atoms with Gasteiger partial charge in [0, 0.05) is 50.1 Å². The van der Waals surface area contributed by atoms with Crippen LogP contribution in [0.4, 0.5) is 10.8 Å². The molecule has 0 N–H and O–H groups in total. The van der Waals surface area contributed by atoms with E-state index in [0.29, 0.717) is 26.2 Å². The van der Waals surface area contributed by atoms with Gasteiger partial charge < -0.3 is 4.90 Å². The number of aryl methyl sites for hydroxylation is 1. The highest BCUT2D eigenvalue weighted by atomic mass is 32.2. The molecule has 4 rings (SSSR count). The van der Waals surface area contributed by atoms with Crippen molar-refractivity contribution in [3.8, 4) is 0 Å². The summed E-state index contributed by atoms with van der Waals surface area (Å²) in [6.07, 6.45) is 0.771. The Balaban J connectivity index is 1.39. The van der Waals surface area contributed by atoms with Crippen molar-refractivity contribution in [3.63, 3.8) is 0 Å². The van der Waals surface area contributed by atoms with Gasteiger partial charge in [0.05, 0.1) is 15.5 Å². The van der Waals surface area contributed by atoms with E-state index in [0.717, 1.165) is 17.2 Å². The molecule has 8 nitrogen and oxygen atoms in total. The number of anilines is 1. The third-order valence-corrected chi connectivity index (χ3v) is 8.06. The highest BCUT2D eigenvalue weighted by Crippen LogP contribution is 2.26. The molecule has 10 heteroatoms. The van der Waals surface area contributed by atoms with Gasteiger partial charge in [-0.2, -0.15) is 4.31 Å². The van der Waals surface area contributed by atoms with Crippen molar-refractivity contribution in [2.75, 3.05) is 31.1 Å². The fourth-order valence-electron chi connectivity index (χ4n) is 3.56. The second-order valence-electron chi connectivity index (χ2n) is 7.43. The molecule has 0 amide bonds. The fourth-order valence-corrected chi connectivity index (χ4v) is 5.86. The van der Waals surface area contributed by atoms with Gasteiger partial charge in [0.2, 0.25) is 10.0 Å². The smallest absolute Gasteiger partial charge is 0.269 e. The van der Waals surface area contributed by atoms with Crippen LogP contribution in [0.5, 0.6) is 0 Å². The lowest BCUT2D eigenvalue weighted by atomic mass is 10.1. The lowest BCUT2D eigenvalue weighted by Crippen LogP contribution is -2.48. The molecular weight excluding hydrogens is 436 g/mol. The Morgan fingerprint density at radius 1 is 1.10 bits per heavy atom. The van der Waals surface area contributed by atoms with Gasteiger partial charge in [-0.3, -0.25) is 10.1 Å². The zero-order valence-corrected chi connectivity index (χ0v) is 18.6. The summed E-state index contributed by atoms with van der Waals surface area (Å²) in [4.78, 5) is 17.2. The summed E-state index contributed by atoms with van der Waals surface area (Å²) in [6.45, 7) is 3.84.